The van der Waals surface area contributed by atoms with E-state index in [0.29, 0.717) is 23.7 Å². The number of aromatic nitrogens is 2. The van der Waals surface area contributed by atoms with E-state index in [9.17, 15) is 4.79 Å². The zero-order chi connectivity index (χ0) is 17.7. The summed E-state index contributed by atoms with van der Waals surface area (Å²) in [4.78, 5) is 19.4. The maximum Gasteiger partial charge on any atom is 0.322 e. The van der Waals surface area contributed by atoms with E-state index in [0.717, 1.165) is 29.6 Å². The second-order valence-electron chi connectivity index (χ2n) is 8.23. The number of nitrogens with zero attached hydrogens (tertiary/aromatic N) is 3. The lowest BCUT2D eigenvalue weighted by molar-refractivity contribution is 0.136. The molecule has 0 radical (unpaired) electrons. The lowest BCUT2D eigenvalue weighted by Crippen LogP contribution is -2.44. The van der Waals surface area contributed by atoms with Crippen LogP contribution < -0.4 is 5.32 Å². The van der Waals surface area contributed by atoms with Gasteiger partial charge in [-0.2, -0.15) is 4.98 Å². The van der Waals surface area contributed by atoms with Crippen molar-refractivity contribution < 1.29 is 9.32 Å². The molecule has 26 heavy (non-hydrogen) atoms. The Labute approximate surface area is 153 Å². The fraction of sp³-hybridized carbons (Fsp3) is 0.550. The highest BCUT2D eigenvalue weighted by molar-refractivity contribution is 5.90. The molecule has 0 spiro atoms. The molecule has 6 nitrogen and oxygen atoms in total. The van der Waals surface area contributed by atoms with Crippen LogP contribution in [0.25, 0.3) is 11.4 Å². The molecule has 2 saturated carbocycles. The van der Waals surface area contributed by atoms with Crippen molar-refractivity contribution in [1.29, 1.82) is 0 Å². The van der Waals surface area contributed by atoms with Crippen molar-refractivity contribution in [2.75, 3.05) is 11.9 Å². The Morgan fingerprint density at radius 3 is 2.65 bits per heavy atom. The number of nitrogens with one attached hydrogen (secondary N) is 1. The van der Waals surface area contributed by atoms with Crippen LogP contribution in [0.2, 0.25) is 0 Å². The molecule has 2 saturated heterocycles. The number of carbonyl (C=O) groups is 1. The van der Waals surface area contributed by atoms with Gasteiger partial charge in [0.05, 0.1) is 0 Å². The molecule has 4 aliphatic rings. The van der Waals surface area contributed by atoms with E-state index in [1.54, 1.807) is 6.92 Å². The fourth-order valence-corrected chi connectivity index (χ4v) is 5.38. The molecule has 1 N–H and O–H groups in total. The van der Waals surface area contributed by atoms with Gasteiger partial charge in [-0.1, -0.05) is 17.3 Å². The molecule has 2 atom stereocenters. The van der Waals surface area contributed by atoms with Crippen LogP contribution in [0.1, 0.15) is 38.0 Å². The number of benzene rings is 1. The standard InChI is InChI=1S/C20H24N4O2/c1-12-21-19(23-26-12)16-3-2-4-17(10-16)22-20(25)24-11-15-6-13-5-14(7-15)9-18(24)8-13/h2-4,10,13-15,18H,5-9,11H2,1H3,(H,22,25). The molecular formula is C20H24N4O2. The van der Waals surface area contributed by atoms with Crippen LogP contribution in [-0.2, 0) is 0 Å². The molecule has 4 bridgehead atoms. The predicted octanol–water partition coefficient (Wildman–Crippen LogP) is 4.09. The van der Waals surface area contributed by atoms with Crippen LogP contribution in [0.4, 0.5) is 10.5 Å². The summed E-state index contributed by atoms with van der Waals surface area (Å²) in [5.74, 6) is 3.43. The number of hydrogen-bond donors (Lipinski definition) is 1. The van der Waals surface area contributed by atoms with Crippen molar-refractivity contribution in [3.8, 4) is 11.4 Å². The monoisotopic (exact) mass is 352 g/mol. The van der Waals surface area contributed by atoms with Crippen molar-refractivity contribution in [3.05, 3.63) is 30.2 Å². The van der Waals surface area contributed by atoms with Crippen LogP contribution in [0.5, 0.6) is 0 Å². The van der Waals surface area contributed by atoms with Gasteiger partial charge in [0.2, 0.25) is 11.7 Å². The first-order valence-electron chi connectivity index (χ1n) is 9.62. The lowest BCUT2D eigenvalue weighted by Gasteiger charge is -2.38. The normalized spacial score (nSPS) is 29.7. The van der Waals surface area contributed by atoms with E-state index in [2.05, 4.69) is 20.4 Å². The first-order chi connectivity index (χ1) is 12.6. The van der Waals surface area contributed by atoms with Gasteiger partial charge in [-0.3, -0.25) is 0 Å². The molecule has 6 heteroatoms. The van der Waals surface area contributed by atoms with Crippen molar-refractivity contribution in [3.63, 3.8) is 0 Å². The maximum atomic E-state index is 13.0. The minimum atomic E-state index is 0.0321. The average molecular weight is 352 g/mol. The number of anilines is 1. The number of carbonyl (C=O) groups excluding carboxylic acids is 1. The van der Waals surface area contributed by atoms with Crippen molar-refractivity contribution >= 4 is 11.7 Å². The number of urea groups is 1. The Morgan fingerprint density at radius 2 is 1.92 bits per heavy atom. The minimum Gasteiger partial charge on any atom is -0.339 e. The summed E-state index contributed by atoms with van der Waals surface area (Å²) < 4.78 is 5.05. The highest BCUT2D eigenvalue weighted by Gasteiger charge is 2.44. The highest BCUT2D eigenvalue weighted by Crippen LogP contribution is 2.47. The molecule has 3 heterocycles. The van der Waals surface area contributed by atoms with Crippen LogP contribution in [-0.4, -0.2) is 33.7 Å². The largest absolute Gasteiger partial charge is 0.339 e. The summed E-state index contributed by atoms with van der Waals surface area (Å²) in [6, 6.07) is 8.09. The molecule has 4 fully saturated rings. The van der Waals surface area contributed by atoms with E-state index in [-0.39, 0.29) is 6.03 Å². The number of hydrogen-bond acceptors (Lipinski definition) is 4. The third kappa shape index (κ3) is 2.87. The molecule has 2 unspecified atom stereocenters. The highest BCUT2D eigenvalue weighted by atomic mass is 16.5. The molecule has 2 aromatic rings. The van der Waals surface area contributed by atoms with Gasteiger partial charge in [0.25, 0.3) is 0 Å². The zero-order valence-electron chi connectivity index (χ0n) is 15.0. The van der Waals surface area contributed by atoms with Crippen molar-refractivity contribution in [2.24, 2.45) is 17.8 Å². The Kier molecular flexibility index (Phi) is 3.72. The summed E-state index contributed by atoms with van der Waals surface area (Å²) in [6.07, 6.45) is 6.37. The van der Waals surface area contributed by atoms with Crippen LogP contribution >= 0.6 is 0 Å². The molecule has 1 aromatic carbocycles. The van der Waals surface area contributed by atoms with Gasteiger partial charge < -0.3 is 14.7 Å². The van der Waals surface area contributed by atoms with E-state index in [1.165, 1.54) is 32.1 Å². The predicted molar refractivity (Wildman–Crippen MR) is 97.5 cm³/mol. The van der Waals surface area contributed by atoms with E-state index in [1.807, 2.05) is 24.3 Å². The summed E-state index contributed by atoms with van der Waals surface area (Å²) >= 11 is 0. The third-order valence-corrected chi connectivity index (χ3v) is 6.27. The van der Waals surface area contributed by atoms with Gasteiger partial charge in [-0.15, -0.1) is 0 Å². The number of fused-ring (bicyclic) bond motifs is 1. The first kappa shape index (κ1) is 15.9. The molecule has 6 rings (SSSR count). The summed E-state index contributed by atoms with van der Waals surface area (Å²) in [7, 11) is 0. The minimum absolute atomic E-state index is 0.0321. The SMILES string of the molecule is Cc1nc(-c2cccc(NC(=O)N3CC4CC5CC(C4)CC3C5)c2)no1. The Hall–Kier alpha value is -2.37. The van der Waals surface area contributed by atoms with E-state index >= 15 is 0 Å². The van der Waals surface area contributed by atoms with E-state index < -0.39 is 0 Å². The van der Waals surface area contributed by atoms with Crippen molar-refractivity contribution in [1.82, 2.24) is 15.0 Å². The van der Waals surface area contributed by atoms with E-state index in [4.69, 9.17) is 4.52 Å². The maximum absolute atomic E-state index is 13.0. The first-order valence-corrected chi connectivity index (χ1v) is 9.62. The quantitative estimate of drug-likeness (QED) is 0.884. The van der Waals surface area contributed by atoms with Gasteiger partial charge in [-0.25, -0.2) is 4.79 Å². The molecule has 136 valence electrons. The number of aryl methyl sites for hydroxylation is 1. The topological polar surface area (TPSA) is 71.3 Å². The lowest BCUT2D eigenvalue weighted by atomic mass is 9.68. The van der Waals surface area contributed by atoms with Gasteiger partial charge in [0.1, 0.15) is 0 Å². The van der Waals surface area contributed by atoms with Crippen LogP contribution in [0.15, 0.2) is 28.8 Å². The zero-order valence-corrected chi connectivity index (χ0v) is 15.0. The molecule has 2 amide bonds. The van der Waals surface area contributed by atoms with Gasteiger partial charge in [0.15, 0.2) is 0 Å². The smallest absolute Gasteiger partial charge is 0.322 e. The fourth-order valence-electron chi connectivity index (χ4n) is 5.38. The molecule has 1 aromatic heterocycles. The Balaban J connectivity index is 1.34. The number of rotatable bonds is 2. The van der Waals surface area contributed by atoms with Crippen molar-refractivity contribution in [2.45, 2.75) is 45.1 Å². The van der Waals surface area contributed by atoms with Gasteiger partial charge >= 0.3 is 6.03 Å². The summed E-state index contributed by atoms with van der Waals surface area (Å²) in [6.45, 7) is 2.68. The summed E-state index contributed by atoms with van der Waals surface area (Å²) in [5.41, 5.74) is 1.62. The third-order valence-electron chi connectivity index (χ3n) is 6.27. The Bertz CT molecular complexity index is 819. The molecule has 2 aliphatic heterocycles. The Morgan fingerprint density at radius 1 is 1.15 bits per heavy atom. The molecular weight excluding hydrogens is 328 g/mol. The number of amides is 2. The second kappa shape index (κ2) is 6.11. The summed E-state index contributed by atoms with van der Waals surface area (Å²) in [5, 5.41) is 7.06. The van der Waals surface area contributed by atoms with Gasteiger partial charge in [0, 0.05) is 30.8 Å². The average Bonchev–Trinajstić information content (AvgIpc) is 2.95. The molecule has 2 aliphatic carbocycles. The van der Waals surface area contributed by atoms with Gasteiger partial charge in [-0.05, 0) is 62.0 Å². The second-order valence-corrected chi connectivity index (χ2v) is 8.23. The van der Waals surface area contributed by atoms with Crippen LogP contribution in [0, 0.1) is 24.7 Å². The van der Waals surface area contributed by atoms with Crippen LogP contribution in [0.3, 0.4) is 0 Å².